The molecule has 0 unspecified atom stereocenters. The molecule has 2 aliphatic rings. The first-order valence-corrected chi connectivity index (χ1v) is 19.1. The number of thiophene rings is 2. The summed E-state index contributed by atoms with van der Waals surface area (Å²) in [7, 11) is 0. The van der Waals surface area contributed by atoms with Crippen LogP contribution < -0.4 is 0 Å². The summed E-state index contributed by atoms with van der Waals surface area (Å²) >= 11 is 3.13. The Bertz CT molecular complexity index is 2450. The SMILES string of the molecule is CC1=C(c2cccs2)C(/C=C/c2ccncc2)=[N+]2C1=C(c1ccc(C(C)(C)C)cc1)c1c(C)c(-c3cccs3)c(/C=C/c3ccncc3)n1[B-]2(F)F. The largest absolute Gasteiger partial charge is 0.737 e. The van der Waals surface area contributed by atoms with E-state index in [0.29, 0.717) is 22.8 Å². The average Bonchev–Trinajstić information content (AvgIpc) is 3.95. The number of nitrogens with zero attached hydrogens (tertiary/aromatic N) is 4. The Morgan fingerprint density at radius 1 is 0.712 bits per heavy atom. The van der Waals surface area contributed by atoms with E-state index in [-0.39, 0.29) is 5.41 Å². The van der Waals surface area contributed by atoms with Gasteiger partial charge in [0.1, 0.15) is 0 Å². The highest BCUT2D eigenvalue weighted by molar-refractivity contribution is 7.13. The second-order valence-corrected chi connectivity index (χ2v) is 16.1. The molecule has 4 nitrogen and oxygen atoms in total. The van der Waals surface area contributed by atoms with Crippen molar-refractivity contribution in [1.29, 1.82) is 0 Å². The van der Waals surface area contributed by atoms with Gasteiger partial charge >= 0.3 is 6.97 Å². The highest BCUT2D eigenvalue weighted by Gasteiger charge is 2.58. The summed E-state index contributed by atoms with van der Waals surface area (Å²) < 4.78 is 39.1. The third-order valence-corrected chi connectivity index (χ3v) is 11.7. The molecular weight excluding hydrogens is 685 g/mol. The molecule has 6 aromatic rings. The van der Waals surface area contributed by atoms with Crippen molar-refractivity contribution in [2.24, 2.45) is 0 Å². The number of aromatic nitrogens is 3. The molecule has 0 spiro atoms. The molecule has 9 heteroatoms. The zero-order chi connectivity index (χ0) is 36.2. The number of halogens is 2. The van der Waals surface area contributed by atoms with Gasteiger partial charge in [-0.3, -0.25) is 9.97 Å². The van der Waals surface area contributed by atoms with Gasteiger partial charge in [0, 0.05) is 63.1 Å². The van der Waals surface area contributed by atoms with Gasteiger partial charge in [0.15, 0.2) is 11.4 Å². The van der Waals surface area contributed by atoms with E-state index in [0.717, 1.165) is 54.3 Å². The summed E-state index contributed by atoms with van der Waals surface area (Å²) in [4.78, 5) is 10.2. The standard InChI is InChI=1S/C43H37BF2N4S2/c1-28-38(36-8-6-26-51-36)34(16-10-30-18-22-47-23-19-30)49-41(28)40(32-12-14-33(15-13-32)43(3,4)5)42-29(2)39(37-9-7-27-52-37)35(50(42)44(49,45)46)17-11-31-20-24-48-25-21-31/h6-27H,1-5H3/b16-10+,17-11+. The molecule has 5 aromatic heterocycles. The number of rotatable bonds is 7. The van der Waals surface area contributed by atoms with Crippen LogP contribution >= 0.6 is 22.7 Å². The molecule has 0 N–H and O–H groups in total. The molecule has 258 valence electrons. The van der Waals surface area contributed by atoms with Crippen LogP contribution in [0.25, 0.3) is 39.8 Å². The molecule has 0 amide bonds. The second kappa shape index (κ2) is 13.1. The van der Waals surface area contributed by atoms with Crippen molar-refractivity contribution in [3.05, 3.63) is 170 Å². The lowest BCUT2D eigenvalue weighted by Gasteiger charge is -2.34. The average molecular weight is 723 g/mol. The Balaban J connectivity index is 1.50. The van der Waals surface area contributed by atoms with Crippen LogP contribution in [-0.4, -0.2) is 31.6 Å². The minimum atomic E-state index is -4.42. The van der Waals surface area contributed by atoms with Crippen LogP contribution in [0.1, 0.15) is 71.8 Å². The van der Waals surface area contributed by atoms with Crippen molar-refractivity contribution < 1.29 is 13.1 Å². The van der Waals surface area contributed by atoms with E-state index in [4.69, 9.17) is 0 Å². The Kier molecular flexibility index (Phi) is 8.51. The monoisotopic (exact) mass is 722 g/mol. The molecule has 0 saturated carbocycles. The van der Waals surface area contributed by atoms with Gasteiger partial charge in [-0.15, -0.1) is 22.7 Å². The number of pyridine rings is 2. The minimum Gasteiger partial charge on any atom is -0.389 e. The number of allylic oxidation sites excluding steroid dienone is 3. The maximum absolute atomic E-state index is 18.2. The third kappa shape index (κ3) is 5.69. The van der Waals surface area contributed by atoms with Gasteiger partial charge in [-0.05, 0) is 106 Å². The lowest BCUT2D eigenvalue weighted by molar-refractivity contribution is -0.361. The van der Waals surface area contributed by atoms with Gasteiger partial charge in [-0.25, -0.2) is 0 Å². The maximum atomic E-state index is 18.2. The van der Waals surface area contributed by atoms with Crippen LogP contribution in [0.2, 0.25) is 0 Å². The molecule has 52 heavy (non-hydrogen) atoms. The normalized spacial score (nSPS) is 15.8. The highest BCUT2D eigenvalue weighted by Crippen LogP contribution is 2.51. The minimum absolute atomic E-state index is 0.0628. The summed E-state index contributed by atoms with van der Waals surface area (Å²) in [5.74, 6) is 0. The van der Waals surface area contributed by atoms with Crippen molar-refractivity contribution in [2.75, 3.05) is 0 Å². The van der Waals surface area contributed by atoms with Gasteiger partial charge in [-0.1, -0.05) is 63.2 Å². The molecular formula is C43H37BF2N4S2. The van der Waals surface area contributed by atoms with E-state index >= 15 is 8.63 Å². The molecule has 7 heterocycles. The number of fused-ring (bicyclic) bond motifs is 2. The molecule has 2 aliphatic heterocycles. The van der Waals surface area contributed by atoms with Crippen molar-refractivity contribution in [2.45, 2.75) is 40.0 Å². The Hall–Kier alpha value is -5.25. The fraction of sp³-hybridized carbons (Fsp3) is 0.140. The maximum Gasteiger partial charge on any atom is 0.737 e. The van der Waals surface area contributed by atoms with Crippen LogP contribution in [0.3, 0.4) is 0 Å². The smallest absolute Gasteiger partial charge is 0.389 e. The Labute approximate surface area is 311 Å². The lowest BCUT2D eigenvalue weighted by atomic mass is 9.82. The quantitative estimate of drug-likeness (QED) is 0.154. The van der Waals surface area contributed by atoms with E-state index in [9.17, 15) is 0 Å². The van der Waals surface area contributed by atoms with Crippen molar-refractivity contribution in [1.82, 2.24) is 14.4 Å². The summed E-state index contributed by atoms with van der Waals surface area (Å²) in [5, 5.41) is 4.01. The van der Waals surface area contributed by atoms with Crippen molar-refractivity contribution >= 4 is 64.7 Å². The zero-order valence-electron chi connectivity index (χ0n) is 29.6. The van der Waals surface area contributed by atoms with E-state index in [1.54, 1.807) is 47.5 Å². The molecule has 0 saturated heterocycles. The summed E-state index contributed by atoms with van der Waals surface area (Å²) in [6, 6.07) is 24.0. The van der Waals surface area contributed by atoms with Gasteiger partial charge in [0.25, 0.3) is 0 Å². The number of hydrogen-bond acceptors (Lipinski definition) is 4. The molecule has 0 fully saturated rings. The highest BCUT2D eigenvalue weighted by atomic mass is 32.1. The van der Waals surface area contributed by atoms with Crippen LogP contribution in [-0.2, 0) is 5.41 Å². The van der Waals surface area contributed by atoms with Gasteiger partial charge in [0.2, 0.25) is 0 Å². The predicted octanol–water partition coefficient (Wildman–Crippen LogP) is 11.5. The van der Waals surface area contributed by atoms with Crippen LogP contribution in [0.4, 0.5) is 8.63 Å². The fourth-order valence-electron chi connectivity index (χ4n) is 7.45. The summed E-state index contributed by atoms with van der Waals surface area (Å²) in [5.41, 5.74) is 9.89. The molecule has 0 aliphatic carbocycles. The summed E-state index contributed by atoms with van der Waals surface area (Å²) in [6.45, 7) is 6.14. The van der Waals surface area contributed by atoms with Gasteiger partial charge < -0.3 is 17.6 Å². The first-order valence-electron chi connectivity index (χ1n) is 17.3. The van der Waals surface area contributed by atoms with E-state index < -0.39 is 6.97 Å². The molecule has 0 bridgehead atoms. The number of benzene rings is 1. The van der Waals surface area contributed by atoms with Crippen LogP contribution in [0.15, 0.2) is 126 Å². The third-order valence-electron chi connectivity index (χ3n) is 9.92. The lowest BCUT2D eigenvalue weighted by Crippen LogP contribution is -2.51. The van der Waals surface area contributed by atoms with E-state index in [1.807, 2.05) is 97.4 Å². The Morgan fingerprint density at radius 2 is 1.29 bits per heavy atom. The van der Waals surface area contributed by atoms with Crippen LogP contribution in [0.5, 0.6) is 0 Å². The first kappa shape index (κ1) is 33.9. The van der Waals surface area contributed by atoms with Crippen LogP contribution in [0, 0.1) is 6.92 Å². The topological polar surface area (TPSA) is 33.7 Å². The van der Waals surface area contributed by atoms with Crippen molar-refractivity contribution in [3.63, 3.8) is 0 Å². The predicted molar refractivity (Wildman–Crippen MR) is 216 cm³/mol. The van der Waals surface area contributed by atoms with E-state index in [1.165, 1.54) is 14.5 Å². The van der Waals surface area contributed by atoms with Gasteiger partial charge in [-0.2, -0.15) is 0 Å². The Morgan fingerprint density at radius 3 is 1.85 bits per heavy atom. The van der Waals surface area contributed by atoms with Gasteiger partial charge in [0.05, 0.1) is 11.1 Å². The fourth-order valence-corrected chi connectivity index (χ4v) is 9.13. The second-order valence-electron chi connectivity index (χ2n) is 14.2. The summed E-state index contributed by atoms with van der Waals surface area (Å²) in [6.07, 6.45) is 14.4. The molecule has 0 radical (unpaired) electrons. The molecule has 0 atom stereocenters. The molecule has 8 rings (SSSR count). The molecule has 1 aromatic carbocycles. The van der Waals surface area contributed by atoms with Crippen molar-refractivity contribution in [3.8, 4) is 10.4 Å². The van der Waals surface area contributed by atoms with E-state index in [2.05, 4.69) is 55.0 Å². The zero-order valence-corrected chi connectivity index (χ0v) is 31.3. The number of hydrogen-bond donors (Lipinski definition) is 0. The first-order chi connectivity index (χ1) is 25.1.